The van der Waals surface area contributed by atoms with Crippen LogP contribution in [-0.4, -0.2) is 16.1 Å². The third-order valence-electron chi connectivity index (χ3n) is 4.05. The molecule has 0 saturated heterocycles. The van der Waals surface area contributed by atoms with Crippen molar-refractivity contribution in [3.63, 3.8) is 0 Å². The SMILES string of the molecule is CCCCCc1nc2ccc(C(=O)O)cc2cc1CCCC. The van der Waals surface area contributed by atoms with Crippen molar-refractivity contribution in [1.29, 1.82) is 0 Å². The van der Waals surface area contributed by atoms with E-state index in [1.165, 1.54) is 30.5 Å². The average molecular weight is 299 g/mol. The molecular weight excluding hydrogens is 274 g/mol. The molecule has 0 bridgehead atoms. The number of aryl methyl sites for hydroxylation is 2. The van der Waals surface area contributed by atoms with E-state index in [1.54, 1.807) is 12.1 Å². The Kier molecular flexibility index (Phi) is 5.93. The summed E-state index contributed by atoms with van der Waals surface area (Å²) in [6, 6.07) is 7.34. The number of hydrogen-bond acceptors (Lipinski definition) is 2. The number of nitrogens with zero attached hydrogens (tertiary/aromatic N) is 1. The van der Waals surface area contributed by atoms with Crippen LogP contribution >= 0.6 is 0 Å². The summed E-state index contributed by atoms with van der Waals surface area (Å²) >= 11 is 0. The molecule has 1 aromatic heterocycles. The monoisotopic (exact) mass is 299 g/mol. The fraction of sp³-hybridized carbons (Fsp3) is 0.474. The summed E-state index contributed by atoms with van der Waals surface area (Å²) in [5.74, 6) is -0.885. The highest BCUT2D eigenvalue weighted by Crippen LogP contribution is 2.22. The molecule has 0 radical (unpaired) electrons. The van der Waals surface area contributed by atoms with Crippen LogP contribution in [0.3, 0.4) is 0 Å². The van der Waals surface area contributed by atoms with Gasteiger partial charge in [-0.05, 0) is 55.5 Å². The van der Waals surface area contributed by atoms with E-state index >= 15 is 0 Å². The fourth-order valence-electron chi connectivity index (χ4n) is 2.74. The highest BCUT2D eigenvalue weighted by Gasteiger charge is 2.09. The van der Waals surface area contributed by atoms with Crippen LogP contribution in [0, 0.1) is 0 Å². The van der Waals surface area contributed by atoms with Crippen molar-refractivity contribution in [2.24, 2.45) is 0 Å². The minimum Gasteiger partial charge on any atom is -0.478 e. The van der Waals surface area contributed by atoms with Gasteiger partial charge in [-0.1, -0.05) is 33.1 Å². The predicted octanol–water partition coefficient (Wildman–Crippen LogP) is 5.01. The first-order valence-corrected chi connectivity index (χ1v) is 8.31. The molecule has 3 heteroatoms. The second-order valence-electron chi connectivity index (χ2n) is 5.87. The van der Waals surface area contributed by atoms with E-state index < -0.39 is 5.97 Å². The predicted molar refractivity (Wildman–Crippen MR) is 90.5 cm³/mol. The standard InChI is InChI=1S/C19H25NO2/c1-3-5-7-9-17-14(8-6-4-2)12-16-13-15(19(21)22)10-11-18(16)20-17/h10-13H,3-9H2,1-2H3,(H,21,22). The summed E-state index contributed by atoms with van der Waals surface area (Å²) in [5, 5.41) is 10.1. The van der Waals surface area contributed by atoms with Gasteiger partial charge in [0.15, 0.2) is 0 Å². The molecule has 3 nitrogen and oxygen atoms in total. The van der Waals surface area contributed by atoms with Crippen LogP contribution in [0.25, 0.3) is 10.9 Å². The summed E-state index contributed by atoms with van der Waals surface area (Å²) in [6.07, 6.45) is 7.95. The van der Waals surface area contributed by atoms with Gasteiger partial charge in [0.1, 0.15) is 0 Å². The molecule has 1 aromatic carbocycles. The lowest BCUT2D eigenvalue weighted by atomic mass is 9.99. The Balaban J connectivity index is 2.38. The summed E-state index contributed by atoms with van der Waals surface area (Å²) in [7, 11) is 0. The Bertz CT molecular complexity index is 649. The summed E-state index contributed by atoms with van der Waals surface area (Å²) in [4.78, 5) is 15.9. The van der Waals surface area contributed by atoms with E-state index in [4.69, 9.17) is 10.1 Å². The van der Waals surface area contributed by atoms with Gasteiger partial charge >= 0.3 is 5.97 Å². The van der Waals surface area contributed by atoms with Crippen LogP contribution in [0.15, 0.2) is 24.3 Å². The first-order chi connectivity index (χ1) is 10.7. The van der Waals surface area contributed by atoms with Crippen LogP contribution in [0.2, 0.25) is 0 Å². The fourth-order valence-corrected chi connectivity index (χ4v) is 2.74. The number of aromatic nitrogens is 1. The van der Waals surface area contributed by atoms with E-state index in [9.17, 15) is 4.79 Å². The molecule has 1 heterocycles. The number of carbonyl (C=O) groups is 1. The third kappa shape index (κ3) is 4.06. The molecule has 2 rings (SSSR count). The van der Waals surface area contributed by atoms with Gasteiger partial charge in [0, 0.05) is 11.1 Å². The molecule has 0 aliphatic heterocycles. The van der Waals surface area contributed by atoms with Crippen LogP contribution in [-0.2, 0) is 12.8 Å². The molecule has 2 aromatic rings. The van der Waals surface area contributed by atoms with Gasteiger partial charge in [0.05, 0.1) is 11.1 Å². The lowest BCUT2D eigenvalue weighted by molar-refractivity contribution is 0.0697. The highest BCUT2D eigenvalue weighted by atomic mass is 16.4. The Morgan fingerprint density at radius 3 is 2.50 bits per heavy atom. The van der Waals surface area contributed by atoms with Gasteiger partial charge in [-0.2, -0.15) is 0 Å². The van der Waals surface area contributed by atoms with Gasteiger partial charge in [-0.15, -0.1) is 0 Å². The number of fused-ring (bicyclic) bond motifs is 1. The lowest BCUT2D eigenvalue weighted by Gasteiger charge is -2.11. The van der Waals surface area contributed by atoms with E-state index in [-0.39, 0.29) is 0 Å². The smallest absolute Gasteiger partial charge is 0.335 e. The zero-order chi connectivity index (χ0) is 15.9. The zero-order valence-electron chi connectivity index (χ0n) is 13.6. The summed E-state index contributed by atoms with van der Waals surface area (Å²) in [5.41, 5.74) is 3.71. The highest BCUT2D eigenvalue weighted by molar-refractivity contribution is 5.93. The first kappa shape index (κ1) is 16.5. The van der Waals surface area contributed by atoms with Gasteiger partial charge in [0.2, 0.25) is 0 Å². The van der Waals surface area contributed by atoms with Crippen molar-refractivity contribution in [3.05, 3.63) is 41.1 Å². The van der Waals surface area contributed by atoms with Crippen molar-refractivity contribution in [1.82, 2.24) is 4.98 Å². The minimum atomic E-state index is -0.885. The number of hydrogen-bond donors (Lipinski definition) is 1. The van der Waals surface area contributed by atoms with Crippen molar-refractivity contribution in [2.45, 2.75) is 58.8 Å². The average Bonchev–Trinajstić information content (AvgIpc) is 2.52. The molecule has 0 atom stereocenters. The molecule has 0 unspecified atom stereocenters. The zero-order valence-corrected chi connectivity index (χ0v) is 13.6. The molecule has 0 saturated carbocycles. The second kappa shape index (κ2) is 7.92. The number of carboxylic acid groups (broad SMARTS) is 1. The van der Waals surface area contributed by atoms with Gasteiger partial charge < -0.3 is 5.11 Å². The molecule has 1 N–H and O–H groups in total. The molecule has 0 aliphatic rings. The maximum absolute atomic E-state index is 11.1. The minimum absolute atomic E-state index is 0.328. The summed E-state index contributed by atoms with van der Waals surface area (Å²) in [6.45, 7) is 4.40. The molecule has 0 amide bonds. The van der Waals surface area contributed by atoms with Crippen molar-refractivity contribution < 1.29 is 9.90 Å². The Morgan fingerprint density at radius 2 is 1.82 bits per heavy atom. The summed E-state index contributed by atoms with van der Waals surface area (Å²) < 4.78 is 0. The number of aromatic carboxylic acids is 1. The Labute approximate surface area is 132 Å². The van der Waals surface area contributed by atoms with Crippen LogP contribution < -0.4 is 0 Å². The topological polar surface area (TPSA) is 50.2 Å². The van der Waals surface area contributed by atoms with E-state index in [1.807, 2.05) is 6.07 Å². The van der Waals surface area contributed by atoms with Crippen molar-refractivity contribution >= 4 is 16.9 Å². The number of rotatable bonds is 8. The quantitative estimate of drug-likeness (QED) is 0.697. The van der Waals surface area contributed by atoms with E-state index in [2.05, 4.69) is 19.9 Å². The molecule has 0 fully saturated rings. The van der Waals surface area contributed by atoms with Crippen LogP contribution in [0.5, 0.6) is 0 Å². The Morgan fingerprint density at radius 1 is 1.05 bits per heavy atom. The molecular formula is C19H25NO2. The largest absolute Gasteiger partial charge is 0.478 e. The normalized spacial score (nSPS) is 11.0. The molecule has 118 valence electrons. The second-order valence-corrected chi connectivity index (χ2v) is 5.87. The Hall–Kier alpha value is -1.90. The number of carboxylic acids is 1. The van der Waals surface area contributed by atoms with Gasteiger partial charge in [-0.3, -0.25) is 4.98 Å². The van der Waals surface area contributed by atoms with Crippen molar-refractivity contribution in [3.8, 4) is 0 Å². The number of pyridine rings is 1. The maximum atomic E-state index is 11.1. The van der Waals surface area contributed by atoms with Crippen molar-refractivity contribution in [2.75, 3.05) is 0 Å². The van der Waals surface area contributed by atoms with Crippen LogP contribution in [0.1, 0.15) is 67.6 Å². The van der Waals surface area contributed by atoms with E-state index in [0.717, 1.165) is 36.6 Å². The van der Waals surface area contributed by atoms with E-state index in [0.29, 0.717) is 5.56 Å². The lowest BCUT2D eigenvalue weighted by Crippen LogP contribution is -2.01. The van der Waals surface area contributed by atoms with Gasteiger partial charge in [0.25, 0.3) is 0 Å². The molecule has 0 spiro atoms. The number of unbranched alkanes of at least 4 members (excludes halogenated alkanes) is 3. The van der Waals surface area contributed by atoms with Gasteiger partial charge in [-0.25, -0.2) is 4.79 Å². The first-order valence-electron chi connectivity index (χ1n) is 8.31. The molecule has 0 aliphatic carbocycles. The molecule has 22 heavy (non-hydrogen) atoms. The number of benzene rings is 1. The van der Waals surface area contributed by atoms with Crippen LogP contribution in [0.4, 0.5) is 0 Å². The third-order valence-corrected chi connectivity index (χ3v) is 4.05. The maximum Gasteiger partial charge on any atom is 0.335 e.